The molecule has 2 aromatic rings. The van der Waals surface area contributed by atoms with Crippen LogP contribution in [0.1, 0.15) is 27.0 Å². The summed E-state index contributed by atoms with van der Waals surface area (Å²) in [7, 11) is 1.60. The minimum absolute atomic E-state index is 0.113. The standard InChI is InChI=1S/C17H18O2/c1-12-7-8-14(9-13(12)2)10-17(18)15-5-4-6-16(11-15)19-3/h4-9,11H,10H2,1-3H3. The van der Waals surface area contributed by atoms with Crippen LogP contribution >= 0.6 is 0 Å². The average molecular weight is 254 g/mol. The summed E-state index contributed by atoms with van der Waals surface area (Å²) in [6.07, 6.45) is 0.425. The maximum atomic E-state index is 12.2. The highest BCUT2D eigenvalue weighted by atomic mass is 16.5. The van der Waals surface area contributed by atoms with E-state index in [1.165, 1.54) is 11.1 Å². The third-order valence-corrected chi connectivity index (χ3v) is 3.33. The van der Waals surface area contributed by atoms with Crippen molar-refractivity contribution in [2.24, 2.45) is 0 Å². The Morgan fingerprint density at radius 2 is 1.84 bits per heavy atom. The van der Waals surface area contributed by atoms with Crippen molar-refractivity contribution < 1.29 is 9.53 Å². The van der Waals surface area contributed by atoms with Crippen LogP contribution < -0.4 is 4.74 Å². The fraction of sp³-hybridized carbons (Fsp3) is 0.235. The van der Waals surface area contributed by atoms with Crippen LogP contribution in [0.25, 0.3) is 0 Å². The number of Topliss-reactive ketones (excluding diaryl/α,β-unsaturated/α-hetero) is 1. The number of hydrogen-bond acceptors (Lipinski definition) is 2. The van der Waals surface area contributed by atoms with Gasteiger partial charge in [-0.3, -0.25) is 4.79 Å². The second-order valence-corrected chi connectivity index (χ2v) is 4.75. The van der Waals surface area contributed by atoms with E-state index in [1.54, 1.807) is 13.2 Å². The Morgan fingerprint density at radius 3 is 2.53 bits per heavy atom. The Kier molecular flexibility index (Phi) is 4.00. The van der Waals surface area contributed by atoms with Crippen LogP contribution in [0.15, 0.2) is 42.5 Å². The fourth-order valence-corrected chi connectivity index (χ4v) is 2.00. The summed E-state index contributed by atoms with van der Waals surface area (Å²) in [6, 6.07) is 13.4. The molecule has 2 heteroatoms. The van der Waals surface area contributed by atoms with Crippen molar-refractivity contribution in [1.29, 1.82) is 0 Å². The van der Waals surface area contributed by atoms with Gasteiger partial charge in [0.25, 0.3) is 0 Å². The smallest absolute Gasteiger partial charge is 0.167 e. The van der Waals surface area contributed by atoms with Crippen molar-refractivity contribution in [1.82, 2.24) is 0 Å². The number of hydrogen-bond donors (Lipinski definition) is 0. The lowest BCUT2D eigenvalue weighted by atomic mass is 9.99. The molecule has 0 N–H and O–H groups in total. The number of rotatable bonds is 4. The summed E-state index contributed by atoms with van der Waals surface area (Å²) in [6.45, 7) is 4.14. The van der Waals surface area contributed by atoms with Gasteiger partial charge in [0.1, 0.15) is 5.75 Å². The highest BCUT2D eigenvalue weighted by Crippen LogP contribution is 2.16. The number of aryl methyl sites for hydroxylation is 2. The Hall–Kier alpha value is -2.09. The van der Waals surface area contributed by atoms with Crippen molar-refractivity contribution in [3.63, 3.8) is 0 Å². The molecule has 0 saturated heterocycles. The lowest BCUT2D eigenvalue weighted by Crippen LogP contribution is -2.04. The first-order chi connectivity index (χ1) is 9.10. The topological polar surface area (TPSA) is 26.3 Å². The Labute approximate surface area is 114 Å². The molecule has 0 heterocycles. The molecule has 0 atom stereocenters. The molecule has 0 aliphatic rings. The van der Waals surface area contributed by atoms with E-state index >= 15 is 0 Å². The summed E-state index contributed by atoms with van der Waals surface area (Å²) < 4.78 is 5.14. The molecule has 0 bridgehead atoms. The van der Waals surface area contributed by atoms with Gasteiger partial charge in [-0.2, -0.15) is 0 Å². The molecule has 0 saturated carbocycles. The molecule has 0 aromatic heterocycles. The van der Waals surface area contributed by atoms with Crippen molar-refractivity contribution in [3.05, 3.63) is 64.7 Å². The van der Waals surface area contributed by atoms with Gasteiger partial charge in [0.05, 0.1) is 7.11 Å². The first-order valence-corrected chi connectivity index (χ1v) is 6.33. The van der Waals surface area contributed by atoms with Crippen LogP contribution in [0, 0.1) is 13.8 Å². The number of methoxy groups -OCH3 is 1. The third-order valence-electron chi connectivity index (χ3n) is 3.33. The molecule has 0 spiro atoms. The van der Waals surface area contributed by atoms with Crippen molar-refractivity contribution in [2.75, 3.05) is 7.11 Å². The van der Waals surface area contributed by atoms with Gasteiger partial charge in [0.2, 0.25) is 0 Å². The molecule has 0 aliphatic heterocycles. The predicted molar refractivity (Wildman–Crippen MR) is 76.9 cm³/mol. The predicted octanol–water partition coefficient (Wildman–Crippen LogP) is 3.74. The Balaban J connectivity index is 2.18. The van der Waals surface area contributed by atoms with Crippen LogP contribution in [0.4, 0.5) is 0 Å². The lowest BCUT2D eigenvalue weighted by molar-refractivity contribution is 0.0992. The lowest BCUT2D eigenvalue weighted by Gasteiger charge is -2.06. The van der Waals surface area contributed by atoms with Gasteiger partial charge < -0.3 is 4.74 Å². The van der Waals surface area contributed by atoms with Crippen LogP contribution in [0.5, 0.6) is 5.75 Å². The Morgan fingerprint density at radius 1 is 1.05 bits per heavy atom. The van der Waals surface area contributed by atoms with Crippen molar-refractivity contribution in [2.45, 2.75) is 20.3 Å². The largest absolute Gasteiger partial charge is 0.497 e. The number of ether oxygens (including phenoxy) is 1. The molecule has 2 rings (SSSR count). The summed E-state index contributed by atoms with van der Waals surface area (Å²) in [4.78, 5) is 12.2. The number of ketones is 1. The van der Waals surface area contributed by atoms with E-state index in [-0.39, 0.29) is 5.78 Å². The van der Waals surface area contributed by atoms with Gasteiger partial charge >= 0.3 is 0 Å². The molecule has 98 valence electrons. The molecule has 0 amide bonds. The summed E-state index contributed by atoms with van der Waals surface area (Å²) >= 11 is 0. The molecule has 2 nitrogen and oxygen atoms in total. The number of carbonyl (C=O) groups is 1. The normalized spacial score (nSPS) is 10.3. The fourth-order valence-electron chi connectivity index (χ4n) is 2.00. The average Bonchev–Trinajstić information content (AvgIpc) is 2.43. The van der Waals surface area contributed by atoms with E-state index in [1.807, 2.05) is 24.3 Å². The highest BCUT2D eigenvalue weighted by Gasteiger charge is 2.08. The molecular formula is C17H18O2. The minimum atomic E-state index is 0.113. The van der Waals surface area contributed by atoms with Gasteiger partial charge in [-0.15, -0.1) is 0 Å². The van der Waals surface area contributed by atoms with Gasteiger partial charge in [-0.1, -0.05) is 30.3 Å². The molecule has 0 fully saturated rings. The first kappa shape index (κ1) is 13.3. The monoisotopic (exact) mass is 254 g/mol. The minimum Gasteiger partial charge on any atom is -0.497 e. The van der Waals surface area contributed by atoms with Crippen LogP contribution in [0.3, 0.4) is 0 Å². The molecule has 19 heavy (non-hydrogen) atoms. The van der Waals surface area contributed by atoms with Crippen molar-refractivity contribution in [3.8, 4) is 5.75 Å². The van der Waals surface area contributed by atoms with Crippen LogP contribution in [0.2, 0.25) is 0 Å². The second-order valence-electron chi connectivity index (χ2n) is 4.75. The summed E-state index contributed by atoms with van der Waals surface area (Å²) in [5.74, 6) is 0.827. The van der Waals surface area contributed by atoms with Gasteiger partial charge in [0.15, 0.2) is 5.78 Å². The molecule has 2 aromatic carbocycles. The van der Waals surface area contributed by atoms with Gasteiger partial charge in [-0.25, -0.2) is 0 Å². The second kappa shape index (κ2) is 5.70. The molecular weight excluding hydrogens is 236 g/mol. The van der Waals surface area contributed by atoms with Gasteiger partial charge in [0, 0.05) is 12.0 Å². The first-order valence-electron chi connectivity index (χ1n) is 6.33. The number of carbonyl (C=O) groups excluding carboxylic acids is 1. The SMILES string of the molecule is COc1cccc(C(=O)Cc2ccc(C)c(C)c2)c1. The third kappa shape index (κ3) is 3.22. The summed E-state index contributed by atoms with van der Waals surface area (Å²) in [5.41, 5.74) is 4.21. The summed E-state index contributed by atoms with van der Waals surface area (Å²) in [5, 5.41) is 0. The maximum Gasteiger partial charge on any atom is 0.167 e. The van der Waals surface area contributed by atoms with Crippen molar-refractivity contribution >= 4 is 5.78 Å². The zero-order chi connectivity index (χ0) is 13.8. The maximum absolute atomic E-state index is 12.2. The van der Waals surface area contributed by atoms with Crippen LogP contribution in [-0.2, 0) is 6.42 Å². The molecule has 0 radical (unpaired) electrons. The quantitative estimate of drug-likeness (QED) is 0.777. The Bertz CT molecular complexity index is 600. The van der Waals surface area contributed by atoms with Gasteiger partial charge in [-0.05, 0) is 42.7 Å². The van der Waals surface area contributed by atoms with E-state index in [0.29, 0.717) is 17.7 Å². The molecule has 0 aliphatic carbocycles. The zero-order valence-corrected chi connectivity index (χ0v) is 11.6. The number of benzene rings is 2. The zero-order valence-electron chi connectivity index (χ0n) is 11.6. The van der Waals surface area contributed by atoms with E-state index < -0.39 is 0 Å². The van der Waals surface area contributed by atoms with E-state index in [9.17, 15) is 4.79 Å². The van der Waals surface area contributed by atoms with Crippen LogP contribution in [-0.4, -0.2) is 12.9 Å². The van der Waals surface area contributed by atoms with E-state index in [4.69, 9.17) is 4.74 Å². The van der Waals surface area contributed by atoms with E-state index in [0.717, 1.165) is 5.56 Å². The molecule has 0 unspecified atom stereocenters. The highest BCUT2D eigenvalue weighted by molar-refractivity contribution is 5.97. The van der Waals surface area contributed by atoms with E-state index in [2.05, 4.69) is 26.0 Å².